The summed E-state index contributed by atoms with van der Waals surface area (Å²) in [5.41, 5.74) is 1.58. The summed E-state index contributed by atoms with van der Waals surface area (Å²) in [7, 11) is 0. The summed E-state index contributed by atoms with van der Waals surface area (Å²) in [5.74, 6) is 0.982. The van der Waals surface area contributed by atoms with E-state index in [1.54, 1.807) is 12.1 Å². The van der Waals surface area contributed by atoms with Crippen LogP contribution in [0.25, 0.3) is 16.5 Å². The van der Waals surface area contributed by atoms with Gasteiger partial charge >= 0.3 is 0 Å². The molecule has 1 aromatic carbocycles. The molecule has 0 fully saturated rings. The molecule has 0 saturated heterocycles. The Morgan fingerprint density at radius 2 is 2.15 bits per heavy atom. The van der Waals surface area contributed by atoms with Crippen molar-refractivity contribution in [3.8, 4) is 5.75 Å². The fourth-order valence-electron chi connectivity index (χ4n) is 1.23. The Bertz CT molecular complexity index is 466. The van der Waals surface area contributed by atoms with Crippen LogP contribution in [0.1, 0.15) is 12.7 Å². The van der Waals surface area contributed by atoms with E-state index in [0.717, 1.165) is 16.7 Å². The van der Waals surface area contributed by atoms with Crippen molar-refractivity contribution < 1.29 is 9.52 Å². The summed E-state index contributed by atoms with van der Waals surface area (Å²) in [6.45, 7) is 5.67. The average Bonchev–Trinajstić information content (AvgIpc) is 2.46. The molecule has 2 heteroatoms. The van der Waals surface area contributed by atoms with E-state index in [1.165, 1.54) is 0 Å². The Morgan fingerprint density at radius 3 is 2.85 bits per heavy atom. The van der Waals surface area contributed by atoms with E-state index in [-0.39, 0.29) is 5.75 Å². The van der Waals surface area contributed by atoms with Crippen molar-refractivity contribution in [2.45, 2.75) is 6.92 Å². The zero-order valence-corrected chi connectivity index (χ0v) is 7.37. The second-order valence-electron chi connectivity index (χ2n) is 3.11. The van der Waals surface area contributed by atoms with Gasteiger partial charge in [-0.1, -0.05) is 6.58 Å². The summed E-state index contributed by atoms with van der Waals surface area (Å²) >= 11 is 0. The van der Waals surface area contributed by atoms with Crippen LogP contribution in [-0.4, -0.2) is 5.11 Å². The molecule has 0 saturated carbocycles. The molecular formula is C11H10O2. The van der Waals surface area contributed by atoms with Gasteiger partial charge in [0.25, 0.3) is 0 Å². The summed E-state index contributed by atoms with van der Waals surface area (Å²) in [5, 5.41) is 10.2. The molecule has 0 aliphatic heterocycles. The van der Waals surface area contributed by atoms with E-state index in [1.807, 2.05) is 19.1 Å². The third kappa shape index (κ3) is 1.31. The lowest BCUT2D eigenvalue weighted by Crippen LogP contribution is -1.66. The number of allylic oxidation sites excluding steroid dienone is 1. The maximum absolute atomic E-state index is 9.20. The monoisotopic (exact) mass is 174 g/mol. The molecule has 1 N–H and O–H groups in total. The minimum absolute atomic E-state index is 0.218. The Hall–Kier alpha value is -1.70. The van der Waals surface area contributed by atoms with Crippen molar-refractivity contribution in [1.82, 2.24) is 0 Å². The number of rotatable bonds is 1. The largest absolute Gasteiger partial charge is 0.508 e. The van der Waals surface area contributed by atoms with Crippen molar-refractivity contribution in [2.24, 2.45) is 0 Å². The first-order valence-corrected chi connectivity index (χ1v) is 4.05. The summed E-state index contributed by atoms with van der Waals surface area (Å²) in [6.07, 6.45) is 0. The second kappa shape index (κ2) is 2.66. The molecule has 0 spiro atoms. The van der Waals surface area contributed by atoms with Gasteiger partial charge in [0.15, 0.2) is 0 Å². The lowest BCUT2D eigenvalue weighted by atomic mass is 10.2. The number of fused-ring (bicyclic) bond motifs is 1. The number of hydrogen-bond acceptors (Lipinski definition) is 2. The van der Waals surface area contributed by atoms with Gasteiger partial charge in [-0.3, -0.25) is 0 Å². The highest BCUT2D eigenvalue weighted by Crippen LogP contribution is 2.26. The molecule has 2 aromatic rings. The maximum Gasteiger partial charge on any atom is 0.138 e. The molecule has 66 valence electrons. The molecule has 1 aromatic heterocycles. The molecule has 13 heavy (non-hydrogen) atoms. The summed E-state index contributed by atoms with van der Waals surface area (Å²) in [6, 6.07) is 6.97. The van der Waals surface area contributed by atoms with Gasteiger partial charge in [-0.2, -0.15) is 0 Å². The fourth-order valence-corrected chi connectivity index (χ4v) is 1.23. The smallest absolute Gasteiger partial charge is 0.138 e. The first-order valence-electron chi connectivity index (χ1n) is 4.05. The molecule has 0 aliphatic carbocycles. The van der Waals surface area contributed by atoms with E-state index in [0.29, 0.717) is 5.58 Å². The topological polar surface area (TPSA) is 33.4 Å². The fraction of sp³-hybridized carbons (Fsp3) is 0.0909. The number of furan rings is 1. The zero-order valence-electron chi connectivity index (χ0n) is 7.37. The molecule has 0 unspecified atom stereocenters. The van der Waals surface area contributed by atoms with Crippen LogP contribution < -0.4 is 0 Å². The first-order chi connectivity index (χ1) is 6.16. The molecule has 1 heterocycles. The minimum atomic E-state index is 0.218. The van der Waals surface area contributed by atoms with Crippen LogP contribution in [0, 0.1) is 0 Å². The van der Waals surface area contributed by atoms with Gasteiger partial charge < -0.3 is 9.52 Å². The number of phenolic OH excluding ortho intramolecular Hbond substituents is 1. The van der Waals surface area contributed by atoms with Gasteiger partial charge in [0, 0.05) is 11.5 Å². The summed E-state index contributed by atoms with van der Waals surface area (Å²) < 4.78 is 5.45. The van der Waals surface area contributed by atoms with Gasteiger partial charge in [0.05, 0.1) is 0 Å². The van der Waals surface area contributed by atoms with E-state index in [9.17, 15) is 5.11 Å². The number of benzene rings is 1. The number of phenols is 1. The third-order valence-corrected chi connectivity index (χ3v) is 1.92. The average molecular weight is 174 g/mol. The van der Waals surface area contributed by atoms with Crippen LogP contribution in [0.4, 0.5) is 0 Å². The minimum Gasteiger partial charge on any atom is -0.508 e. The third-order valence-electron chi connectivity index (χ3n) is 1.92. The zero-order chi connectivity index (χ0) is 9.42. The van der Waals surface area contributed by atoms with Gasteiger partial charge in [0.1, 0.15) is 17.1 Å². The van der Waals surface area contributed by atoms with Crippen molar-refractivity contribution >= 4 is 16.5 Å². The van der Waals surface area contributed by atoms with Crippen LogP contribution in [0.15, 0.2) is 35.3 Å². The van der Waals surface area contributed by atoms with Crippen molar-refractivity contribution in [3.63, 3.8) is 0 Å². The summed E-state index contributed by atoms with van der Waals surface area (Å²) in [4.78, 5) is 0. The highest BCUT2D eigenvalue weighted by atomic mass is 16.3. The van der Waals surface area contributed by atoms with Crippen LogP contribution >= 0.6 is 0 Å². The Balaban J connectivity index is 2.68. The first kappa shape index (κ1) is 7.92. The van der Waals surface area contributed by atoms with Crippen LogP contribution in [0.5, 0.6) is 5.75 Å². The Kier molecular flexibility index (Phi) is 1.62. The predicted octanol–water partition coefficient (Wildman–Crippen LogP) is 3.17. The van der Waals surface area contributed by atoms with Crippen molar-refractivity contribution in [1.29, 1.82) is 0 Å². The van der Waals surface area contributed by atoms with Crippen LogP contribution in [0.2, 0.25) is 0 Å². The Morgan fingerprint density at radius 1 is 1.38 bits per heavy atom. The lowest BCUT2D eigenvalue weighted by Gasteiger charge is -1.90. The van der Waals surface area contributed by atoms with Crippen molar-refractivity contribution in [2.75, 3.05) is 0 Å². The molecule has 0 radical (unpaired) electrons. The molecule has 2 rings (SSSR count). The van der Waals surface area contributed by atoms with Crippen molar-refractivity contribution in [3.05, 3.63) is 36.6 Å². The van der Waals surface area contributed by atoms with Crippen LogP contribution in [0.3, 0.4) is 0 Å². The highest BCUT2D eigenvalue weighted by molar-refractivity contribution is 5.82. The van der Waals surface area contributed by atoms with E-state index in [2.05, 4.69) is 6.58 Å². The quantitative estimate of drug-likeness (QED) is 0.720. The SMILES string of the molecule is C=C(C)c1cc2ccc(O)cc2o1. The number of aromatic hydroxyl groups is 1. The molecule has 0 amide bonds. The van der Waals surface area contributed by atoms with Gasteiger partial charge in [-0.25, -0.2) is 0 Å². The van der Waals surface area contributed by atoms with E-state index in [4.69, 9.17) is 4.42 Å². The van der Waals surface area contributed by atoms with Gasteiger partial charge in [-0.05, 0) is 30.7 Å². The molecule has 2 nitrogen and oxygen atoms in total. The normalized spacial score (nSPS) is 10.5. The highest BCUT2D eigenvalue weighted by Gasteiger charge is 2.03. The maximum atomic E-state index is 9.20. The Labute approximate surface area is 76.1 Å². The van der Waals surface area contributed by atoms with E-state index >= 15 is 0 Å². The second-order valence-corrected chi connectivity index (χ2v) is 3.11. The van der Waals surface area contributed by atoms with E-state index < -0.39 is 0 Å². The molecule has 0 atom stereocenters. The van der Waals surface area contributed by atoms with Gasteiger partial charge in [-0.15, -0.1) is 0 Å². The molecule has 0 bridgehead atoms. The molecular weight excluding hydrogens is 164 g/mol. The molecule has 0 aliphatic rings. The predicted molar refractivity (Wildman–Crippen MR) is 52.6 cm³/mol. The lowest BCUT2D eigenvalue weighted by molar-refractivity contribution is 0.474. The standard InChI is InChI=1S/C11H10O2/c1-7(2)10-5-8-3-4-9(12)6-11(8)13-10/h3-6,12H,1H2,2H3. The number of hydrogen-bond donors (Lipinski definition) is 1. The van der Waals surface area contributed by atoms with Gasteiger partial charge in [0.2, 0.25) is 0 Å². The van der Waals surface area contributed by atoms with Crippen LogP contribution in [-0.2, 0) is 0 Å².